The number of hydrogen-bond acceptors (Lipinski definition) is 4. The molecule has 10 heteroatoms. The van der Waals surface area contributed by atoms with Crippen molar-refractivity contribution in [3.05, 3.63) is 98.9 Å². The Bertz CT molecular complexity index is 1410. The molecule has 0 aliphatic heterocycles. The molecule has 2 amide bonds. The van der Waals surface area contributed by atoms with Crippen LogP contribution in [0.25, 0.3) is 0 Å². The van der Waals surface area contributed by atoms with E-state index < -0.39 is 34.1 Å². The fourth-order valence-electron chi connectivity index (χ4n) is 4.08. The number of hydrogen-bond donors (Lipinski definition) is 1. The van der Waals surface area contributed by atoms with Crippen LogP contribution in [0.5, 0.6) is 0 Å². The van der Waals surface area contributed by atoms with Crippen LogP contribution in [0.2, 0.25) is 0 Å². The van der Waals surface area contributed by atoms with E-state index >= 15 is 0 Å². The zero-order valence-corrected chi connectivity index (χ0v) is 26.4. The zero-order valence-electron chi connectivity index (χ0n) is 22.4. The molecule has 0 heterocycles. The standard InChI is InChI=1S/C29H33Br2N3O4S/c1-29(2,3)32-28(36)26(17-21-10-6-5-7-11-21)33(19-22-12-8-13-23(30)16-22)27(35)20-34(39(4,37)38)25-15-9-14-24(31)18-25/h5-16,18,26H,17,19-20H2,1-4H3,(H,32,36)/t26-/m1/s1. The Kier molecular flexibility index (Phi) is 10.4. The molecule has 0 spiro atoms. The van der Waals surface area contributed by atoms with Gasteiger partial charge in [0.15, 0.2) is 0 Å². The Hall–Kier alpha value is -2.69. The lowest BCUT2D eigenvalue weighted by Crippen LogP contribution is -2.56. The number of rotatable bonds is 10. The van der Waals surface area contributed by atoms with Gasteiger partial charge in [-0.1, -0.05) is 80.4 Å². The first kappa shape index (κ1) is 30.8. The van der Waals surface area contributed by atoms with Crippen LogP contribution >= 0.6 is 31.9 Å². The van der Waals surface area contributed by atoms with Gasteiger partial charge in [0.1, 0.15) is 12.6 Å². The molecule has 0 saturated heterocycles. The van der Waals surface area contributed by atoms with Crippen molar-refractivity contribution in [1.82, 2.24) is 10.2 Å². The lowest BCUT2D eigenvalue weighted by Gasteiger charge is -2.35. The second-order valence-corrected chi connectivity index (χ2v) is 14.1. The van der Waals surface area contributed by atoms with E-state index in [1.807, 2.05) is 75.4 Å². The van der Waals surface area contributed by atoms with Gasteiger partial charge in [0.2, 0.25) is 21.8 Å². The first-order valence-corrected chi connectivity index (χ1v) is 15.8. The second kappa shape index (κ2) is 13.1. The summed E-state index contributed by atoms with van der Waals surface area (Å²) in [6, 6.07) is 22.8. The summed E-state index contributed by atoms with van der Waals surface area (Å²) < 4.78 is 28.3. The van der Waals surface area contributed by atoms with E-state index in [1.165, 1.54) is 4.90 Å². The van der Waals surface area contributed by atoms with Crippen LogP contribution in [-0.4, -0.2) is 49.5 Å². The van der Waals surface area contributed by atoms with Gasteiger partial charge in [-0.05, 0) is 62.2 Å². The fourth-order valence-corrected chi connectivity index (χ4v) is 5.76. The van der Waals surface area contributed by atoms with Crippen molar-refractivity contribution < 1.29 is 18.0 Å². The summed E-state index contributed by atoms with van der Waals surface area (Å²) in [4.78, 5) is 29.3. The average Bonchev–Trinajstić information content (AvgIpc) is 2.83. The Morgan fingerprint density at radius 3 is 2.03 bits per heavy atom. The van der Waals surface area contributed by atoms with Gasteiger partial charge in [0.25, 0.3) is 0 Å². The molecule has 39 heavy (non-hydrogen) atoms. The number of nitrogens with zero attached hydrogens (tertiary/aromatic N) is 2. The van der Waals surface area contributed by atoms with E-state index in [0.717, 1.165) is 26.2 Å². The largest absolute Gasteiger partial charge is 0.350 e. The second-order valence-electron chi connectivity index (χ2n) is 10.3. The molecule has 0 unspecified atom stereocenters. The van der Waals surface area contributed by atoms with E-state index in [-0.39, 0.29) is 18.9 Å². The van der Waals surface area contributed by atoms with Crippen LogP contribution in [0.1, 0.15) is 31.9 Å². The minimum absolute atomic E-state index is 0.115. The van der Waals surface area contributed by atoms with Gasteiger partial charge in [-0.25, -0.2) is 8.42 Å². The molecule has 0 radical (unpaired) electrons. The van der Waals surface area contributed by atoms with Crippen LogP contribution in [0.15, 0.2) is 87.8 Å². The number of amides is 2. The minimum Gasteiger partial charge on any atom is -0.350 e. The van der Waals surface area contributed by atoms with E-state index in [9.17, 15) is 18.0 Å². The summed E-state index contributed by atoms with van der Waals surface area (Å²) in [6.07, 6.45) is 1.33. The highest BCUT2D eigenvalue weighted by Crippen LogP contribution is 2.24. The number of benzene rings is 3. The predicted molar refractivity (Wildman–Crippen MR) is 163 cm³/mol. The molecule has 0 aliphatic rings. The maximum Gasteiger partial charge on any atom is 0.244 e. The van der Waals surface area contributed by atoms with Gasteiger partial charge >= 0.3 is 0 Å². The topological polar surface area (TPSA) is 86.8 Å². The van der Waals surface area contributed by atoms with Gasteiger partial charge in [-0.3, -0.25) is 13.9 Å². The third kappa shape index (κ3) is 9.47. The van der Waals surface area contributed by atoms with Crippen LogP contribution in [-0.2, 0) is 32.6 Å². The lowest BCUT2D eigenvalue weighted by molar-refractivity contribution is -0.140. The Morgan fingerprint density at radius 1 is 0.872 bits per heavy atom. The lowest BCUT2D eigenvalue weighted by atomic mass is 10.0. The van der Waals surface area contributed by atoms with Crippen LogP contribution in [0.4, 0.5) is 5.69 Å². The zero-order chi connectivity index (χ0) is 28.8. The highest BCUT2D eigenvalue weighted by Gasteiger charge is 2.34. The predicted octanol–water partition coefficient (Wildman–Crippen LogP) is 5.53. The quantitative estimate of drug-likeness (QED) is 0.306. The number of anilines is 1. The smallest absolute Gasteiger partial charge is 0.244 e. The number of carbonyl (C=O) groups excluding carboxylic acids is 2. The molecule has 0 aromatic heterocycles. The van der Waals surface area contributed by atoms with Gasteiger partial charge in [0.05, 0.1) is 11.9 Å². The molecule has 208 valence electrons. The van der Waals surface area contributed by atoms with Gasteiger partial charge in [-0.15, -0.1) is 0 Å². The van der Waals surface area contributed by atoms with E-state index in [0.29, 0.717) is 10.2 Å². The van der Waals surface area contributed by atoms with Crippen LogP contribution in [0.3, 0.4) is 0 Å². The molecule has 3 rings (SSSR count). The third-order valence-corrected chi connectivity index (χ3v) is 7.91. The molecule has 1 atom stereocenters. The Morgan fingerprint density at radius 2 is 1.46 bits per heavy atom. The number of carbonyl (C=O) groups is 2. The van der Waals surface area contributed by atoms with Crippen molar-refractivity contribution in [3.8, 4) is 0 Å². The molecule has 0 aliphatic carbocycles. The van der Waals surface area contributed by atoms with Crippen LogP contribution in [0, 0.1) is 0 Å². The van der Waals surface area contributed by atoms with Crippen molar-refractivity contribution in [2.45, 2.75) is 45.3 Å². The summed E-state index contributed by atoms with van der Waals surface area (Å²) >= 11 is 6.85. The highest BCUT2D eigenvalue weighted by atomic mass is 79.9. The number of nitrogens with one attached hydrogen (secondary N) is 1. The Balaban J connectivity index is 2.08. The summed E-state index contributed by atoms with van der Waals surface area (Å²) in [5.74, 6) is -0.812. The molecular formula is C29H33Br2N3O4S. The fraction of sp³-hybridized carbons (Fsp3) is 0.310. The highest BCUT2D eigenvalue weighted by molar-refractivity contribution is 9.10. The Labute approximate surface area is 247 Å². The average molecular weight is 679 g/mol. The summed E-state index contributed by atoms with van der Waals surface area (Å²) in [6.45, 7) is 5.29. The van der Waals surface area contributed by atoms with Crippen molar-refractivity contribution >= 4 is 59.4 Å². The monoisotopic (exact) mass is 677 g/mol. The molecule has 7 nitrogen and oxygen atoms in total. The molecular weight excluding hydrogens is 646 g/mol. The molecule has 0 fully saturated rings. The summed E-state index contributed by atoms with van der Waals surface area (Å²) in [5, 5.41) is 3.01. The normalized spacial score (nSPS) is 12.5. The van der Waals surface area contributed by atoms with E-state index in [2.05, 4.69) is 37.2 Å². The van der Waals surface area contributed by atoms with Crippen molar-refractivity contribution in [2.75, 3.05) is 17.1 Å². The van der Waals surface area contributed by atoms with Crippen LogP contribution < -0.4 is 9.62 Å². The van der Waals surface area contributed by atoms with Crippen molar-refractivity contribution in [2.24, 2.45) is 0 Å². The van der Waals surface area contributed by atoms with Crippen molar-refractivity contribution in [3.63, 3.8) is 0 Å². The molecule has 1 N–H and O–H groups in total. The van der Waals surface area contributed by atoms with E-state index in [1.54, 1.807) is 24.3 Å². The molecule has 3 aromatic rings. The molecule has 0 bridgehead atoms. The SMILES string of the molecule is CC(C)(C)NC(=O)[C@@H](Cc1ccccc1)N(Cc1cccc(Br)c1)C(=O)CN(c1cccc(Br)c1)S(C)(=O)=O. The summed E-state index contributed by atoms with van der Waals surface area (Å²) in [7, 11) is -3.82. The number of halogens is 2. The minimum atomic E-state index is -3.82. The van der Waals surface area contributed by atoms with Gasteiger partial charge in [0, 0.05) is 27.4 Å². The maximum absolute atomic E-state index is 14.1. The third-order valence-electron chi connectivity index (χ3n) is 5.79. The van der Waals surface area contributed by atoms with Gasteiger partial charge in [-0.2, -0.15) is 0 Å². The van der Waals surface area contributed by atoms with Gasteiger partial charge < -0.3 is 10.2 Å². The number of sulfonamides is 1. The summed E-state index contributed by atoms with van der Waals surface area (Å²) in [5.41, 5.74) is 1.49. The first-order chi connectivity index (χ1) is 18.2. The molecule has 0 saturated carbocycles. The maximum atomic E-state index is 14.1. The first-order valence-electron chi connectivity index (χ1n) is 12.4. The van der Waals surface area contributed by atoms with E-state index in [4.69, 9.17) is 0 Å². The molecule has 3 aromatic carbocycles. The van der Waals surface area contributed by atoms with Crippen molar-refractivity contribution in [1.29, 1.82) is 0 Å².